The summed E-state index contributed by atoms with van der Waals surface area (Å²) in [4.78, 5) is 27.2. The quantitative estimate of drug-likeness (QED) is 0.694. The highest BCUT2D eigenvalue weighted by atomic mass is 32.2. The van der Waals surface area contributed by atoms with Gasteiger partial charge in [-0.05, 0) is 74.1 Å². The second-order valence-electron chi connectivity index (χ2n) is 10.1. The van der Waals surface area contributed by atoms with E-state index in [2.05, 4.69) is 19.2 Å². The number of nitrogens with zero attached hydrogens (tertiary/aromatic N) is 2. The summed E-state index contributed by atoms with van der Waals surface area (Å²) in [5.41, 5.74) is 2.55. The topological polar surface area (TPSA) is 86.8 Å². The van der Waals surface area contributed by atoms with Crippen LogP contribution in [-0.2, 0) is 25.0 Å². The summed E-state index contributed by atoms with van der Waals surface area (Å²) in [6.45, 7) is 8.35. The summed E-state index contributed by atoms with van der Waals surface area (Å²) >= 11 is 0. The standard InChI is InChI=1S/C26H33N3O4S/c1-17(2)18-8-10-20(11-9-18)27-24(30)19-7-6-14-29(16-19)34(32,33)21-12-13-23-22(15-21)26(3,4)25(31)28(23)5/h8-13,15,17,19H,6-7,14,16H2,1-5H3,(H,27,30)/t19-/m0/s1. The zero-order valence-corrected chi connectivity index (χ0v) is 21.3. The minimum absolute atomic E-state index is 0.0619. The highest BCUT2D eigenvalue weighted by molar-refractivity contribution is 7.89. The van der Waals surface area contributed by atoms with E-state index in [1.54, 1.807) is 30.1 Å². The van der Waals surface area contributed by atoms with Crippen LogP contribution in [-0.4, -0.2) is 44.7 Å². The van der Waals surface area contributed by atoms with E-state index in [1.165, 1.54) is 9.87 Å². The van der Waals surface area contributed by atoms with Crippen molar-refractivity contribution >= 4 is 33.2 Å². The molecule has 0 saturated carbocycles. The van der Waals surface area contributed by atoms with Gasteiger partial charge in [-0.3, -0.25) is 9.59 Å². The van der Waals surface area contributed by atoms with Crippen molar-refractivity contribution in [3.8, 4) is 0 Å². The molecular formula is C26H33N3O4S. The van der Waals surface area contributed by atoms with Crippen molar-refractivity contribution in [2.24, 2.45) is 5.92 Å². The van der Waals surface area contributed by atoms with Gasteiger partial charge >= 0.3 is 0 Å². The number of benzene rings is 2. The van der Waals surface area contributed by atoms with E-state index in [9.17, 15) is 18.0 Å². The Labute approximate surface area is 202 Å². The van der Waals surface area contributed by atoms with E-state index in [0.29, 0.717) is 36.6 Å². The molecule has 2 aliphatic heterocycles. The Hall–Kier alpha value is -2.71. The van der Waals surface area contributed by atoms with Crippen LogP contribution in [0.25, 0.3) is 0 Å². The molecule has 8 heteroatoms. The molecule has 2 aromatic rings. The fraction of sp³-hybridized carbons (Fsp3) is 0.462. The summed E-state index contributed by atoms with van der Waals surface area (Å²) < 4.78 is 28.4. The third kappa shape index (κ3) is 4.25. The number of rotatable bonds is 5. The molecule has 2 amide bonds. The Morgan fingerprint density at radius 3 is 2.44 bits per heavy atom. The van der Waals surface area contributed by atoms with Crippen LogP contribution in [0.3, 0.4) is 0 Å². The van der Waals surface area contributed by atoms with Crippen LogP contribution < -0.4 is 10.2 Å². The summed E-state index contributed by atoms with van der Waals surface area (Å²) in [5, 5.41) is 2.94. The van der Waals surface area contributed by atoms with Crippen LogP contribution >= 0.6 is 0 Å². The smallest absolute Gasteiger partial charge is 0.243 e. The number of hydrogen-bond donors (Lipinski definition) is 1. The highest BCUT2D eigenvalue weighted by Gasteiger charge is 2.43. The molecule has 1 saturated heterocycles. The van der Waals surface area contributed by atoms with Gasteiger partial charge in [0.25, 0.3) is 0 Å². The maximum atomic E-state index is 13.5. The predicted octanol–water partition coefficient (Wildman–Crippen LogP) is 4.10. The lowest BCUT2D eigenvalue weighted by atomic mass is 9.86. The molecule has 0 radical (unpaired) electrons. The van der Waals surface area contributed by atoms with E-state index in [0.717, 1.165) is 5.69 Å². The molecule has 34 heavy (non-hydrogen) atoms. The molecule has 7 nitrogen and oxygen atoms in total. The average molecular weight is 484 g/mol. The molecule has 0 unspecified atom stereocenters. The third-order valence-corrected chi connectivity index (χ3v) is 8.94. The molecule has 0 spiro atoms. The molecule has 0 bridgehead atoms. The van der Waals surface area contributed by atoms with Gasteiger partial charge in [0, 0.05) is 31.5 Å². The first kappa shape index (κ1) is 24.4. The minimum Gasteiger partial charge on any atom is -0.326 e. The largest absolute Gasteiger partial charge is 0.326 e. The lowest BCUT2D eigenvalue weighted by molar-refractivity contribution is -0.122. The molecule has 0 aliphatic carbocycles. The first-order valence-corrected chi connectivity index (χ1v) is 13.2. The number of carbonyl (C=O) groups excluding carboxylic acids is 2. The van der Waals surface area contributed by atoms with E-state index in [1.807, 2.05) is 38.1 Å². The number of likely N-dealkylation sites (N-methyl/N-ethyl adjacent to an activating group) is 1. The van der Waals surface area contributed by atoms with Gasteiger partial charge < -0.3 is 10.2 Å². The minimum atomic E-state index is -3.80. The van der Waals surface area contributed by atoms with Crippen molar-refractivity contribution in [2.45, 2.75) is 56.8 Å². The Bertz CT molecular complexity index is 1220. The number of hydrogen-bond acceptors (Lipinski definition) is 4. The van der Waals surface area contributed by atoms with Crippen molar-refractivity contribution in [2.75, 3.05) is 30.4 Å². The molecule has 1 N–H and O–H groups in total. The second-order valence-corrected chi connectivity index (χ2v) is 12.1. The molecule has 2 heterocycles. The second kappa shape index (κ2) is 8.82. The van der Waals surface area contributed by atoms with Crippen LogP contribution in [0.1, 0.15) is 57.6 Å². The van der Waals surface area contributed by atoms with Gasteiger partial charge in [0.05, 0.1) is 16.2 Å². The van der Waals surface area contributed by atoms with Crippen molar-refractivity contribution in [3.05, 3.63) is 53.6 Å². The molecule has 2 aliphatic rings. The first-order valence-electron chi connectivity index (χ1n) is 11.8. The van der Waals surface area contributed by atoms with Gasteiger partial charge in [0.2, 0.25) is 21.8 Å². The highest BCUT2D eigenvalue weighted by Crippen LogP contribution is 2.42. The number of amides is 2. The summed E-state index contributed by atoms with van der Waals surface area (Å²) in [6.07, 6.45) is 1.25. The molecule has 2 aromatic carbocycles. The fourth-order valence-electron chi connectivity index (χ4n) is 4.83. The number of anilines is 2. The van der Waals surface area contributed by atoms with Gasteiger partial charge in [-0.25, -0.2) is 8.42 Å². The zero-order chi connectivity index (χ0) is 24.8. The summed E-state index contributed by atoms with van der Waals surface area (Å²) in [7, 11) is -2.10. The van der Waals surface area contributed by atoms with E-state index in [4.69, 9.17) is 0 Å². The van der Waals surface area contributed by atoms with Crippen LogP contribution in [0, 0.1) is 5.92 Å². The first-order chi connectivity index (χ1) is 15.9. The number of fused-ring (bicyclic) bond motifs is 1. The predicted molar refractivity (Wildman–Crippen MR) is 134 cm³/mol. The van der Waals surface area contributed by atoms with Crippen LogP contribution in [0.2, 0.25) is 0 Å². The zero-order valence-electron chi connectivity index (χ0n) is 20.5. The fourth-order valence-corrected chi connectivity index (χ4v) is 6.38. The van der Waals surface area contributed by atoms with E-state index >= 15 is 0 Å². The number of piperidine rings is 1. The molecule has 4 rings (SSSR count). The van der Waals surface area contributed by atoms with Gasteiger partial charge in [-0.2, -0.15) is 4.31 Å². The van der Waals surface area contributed by atoms with Crippen molar-refractivity contribution < 1.29 is 18.0 Å². The lowest BCUT2D eigenvalue weighted by Crippen LogP contribution is -2.43. The van der Waals surface area contributed by atoms with Crippen LogP contribution in [0.5, 0.6) is 0 Å². The number of sulfonamides is 1. The van der Waals surface area contributed by atoms with Crippen molar-refractivity contribution in [3.63, 3.8) is 0 Å². The van der Waals surface area contributed by atoms with E-state index in [-0.39, 0.29) is 23.3 Å². The lowest BCUT2D eigenvalue weighted by Gasteiger charge is -2.31. The van der Waals surface area contributed by atoms with E-state index < -0.39 is 21.4 Å². The van der Waals surface area contributed by atoms with Gasteiger partial charge in [0.1, 0.15) is 0 Å². The van der Waals surface area contributed by atoms with Gasteiger partial charge in [0.15, 0.2) is 0 Å². The van der Waals surface area contributed by atoms with Crippen LogP contribution in [0.15, 0.2) is 47.4 Å². The number of carbonyl (C=O) groups is 2. The molecule has 1 atom stereocenters. The molecule has 1 fully saturated rings. The van der Waals surface area contributed by atoms with Crippen molar-refractivity contribution in [1.82, 2.24) is 4.31 Å². The Kier molecular flexibility index (Phi) is 6.33. The normalized spacial score (nSPS) is 20.5. The molecular weight excluding hydrogens is 450 g/mol. The Morgan fingerprint density at radius 1 is 1.12 bits per heavy atom. The summed E-state index contributed by atoms with van der Waals surface area (Å²) in [5.74, 6) is -0.246. The van der Waals surface area contributed by atoms with Crippen molar-refractivity contribution in [1.29, 1.82) is 0 Å². The molecule has 182 valence electrons. The summed E-state index contributed by atoms with van der Waals surface area (Å²) in [6, 6.07) is 12.6. The third-order valence-electron chi connectivity index (χ3n) is 7.08. The van der Waals surface area contributed by atoms with Crippen LogP contribution in [0.4, 0.5) is 11.4 Å². The van der Waals surface area contributed by atoms with Gasteiger partial charge in [-0.15, -0.1) is 0 Å². The monoisotopic (exact) mass is 483 g/mol. The Morgan fingerprint density at radius 2 is 1.79 bits per heavy atom. The maximum absolute atomic E-state index is 13.5. The maximum Gasteiger partial charge on any atom is 0.243 e. The SMILES string of the molecule is CC(C)c1ccc(NC(=O)[C@H]2CCCN(S(=O)(=O)c3ccc4c(c3)C(C)(C)C(=O)N4C)C2)cc1. The number of nitrogens with one attached hydrogen (secondary N) is 1. The average Bonchev–Trinajstić information content (AvgIpc) is 2.99. The van der Waals surface area contributed by atoms with Gasteiger partial charge in [-0.1, -0.05) is 26.0 Å². The Balaban J connectivity index is 1.51. The molecule has 0 aromatic heterocycles.